The van der Waals surface area contributed by atoms with Crippen LogP contribution in [0.15, 0.2) is 0 Å². The van der Waals surface area contributed by atoms with Crippen molar-refractivity contribution in [2.24, 2.45) is 0 Å². The first-order chi connectivity index (χ1) is 7.22. The van der Waals surface area contributed by atoms with Gasteiger partial charge >= 0.3 is 0 Å². The smallest absolute Gasteiger partial charge is 0.242 e. The van der Waals surface area contributed by atoms with Crippen molar-refractivity contribution in [3.8, 4) is 5.88 Å². The Hall–Kier alpha value is -1.52. The highest BCUT2D eigenvalue weighted by molar-refractivity contribution is 5.64. The summed E-state index contributed by atoms with van der Waals surface area (Å²) in [6, 6.07) is 0. The molecular weight excluding hydrogens is 192 g/mol. The second-order valence-corrected chi connectivity index (χ2v) is 3.81. The van der Waals surface area contributed by atoms with E-state index in [0.717, 1.165) is 25.1 Å². The first-order valence-electron chi connectivity index (χ1n) is 5.28. The third-order valence-electron chi connectivity index (χ3n) is 2.34. The Morgan fingerprint density at radius 1 is 1.33 bits per heavy atom. The highest BCUT2D eigenvalue weighted by atomic mass is 16.5. The van der Waals surface area contributed by atoms with Crippen molar-refractivity contribution in [3.63, 3.8) is 0 Å². The maximum Gasteiger partial charge on any atom is 0.242 e. The van der Waals surface area contributed by atoms with Gasteiger partial charge in [-0.1, -0.05) is 6.92 Å². The standard InChI is InChI=1S/C10H16N4O/c1-2-5-15-10-7(11)8(12)13-9(14-10)6-3-4-6/h6H,2-5,11H2,1H3,(H2,12,13,14). The Morgan fingerprint density at radius 2 is 2.07 bits per heavy atom. The Bertz CT molecular complexity index is 363. The van der Waals surface area contributed by atoms with Crippen molar-refractivity contribution in [1.82, 2.24) is 9.97 Å². The van der Waals surface area contributed by atoms with Gasteiger partial charge in [0.1, 0.15) is 11.5 Å². The van der Waals surface area contributed by atoms with Gasteiger partial charge in [-0.2, -0.15) is 4.98 Å². The molecule has 1 fully saturated rings. The van der Waals surface area contributed by atoms with Gasteiger partial charge in [0.2, 0.25) is 5.88 Å². The van der Waals surface area contributed by atoms with Crippen molar-refractivity contribution >= 4 is 11.5 Å². The summed E-state index contributed by atoms with van der Waals surface area (Å²) in [5.41, 5.74) is 11.8. The van der Waals surface area contributed by atoms with E-state index in [1.165, 1.54) is 0 Å². The fourth-order valence-electron chi connectivity index (χ4n) is 1.32. The zero-order valence-electron chi connectivity index (χ0n) is 8.86. The van der Waals surface area contributed by atoms with Crippen molar-refractivity contribution in [2.75, 3.05) is 18.1 Å². The third kappa shape index (κ3) is 2.11. The van der Waals surface area contributed by atoms with Gasteiger partial charge in [-0.05, 0) is 19.3 Å². The molecule has 15 heavy (non-hydrogen) atoms. The van der Waals surface area contributed by atoms with Crippen LogP contribution in [-0.2, 0) is 0 Å². The van der Waals surface area contributed by atoms with E-state index in [1.54, 1.807) is 0 Å². The van der Waals surface area contributed by atoms with Crippen LogP contribution < -0.4 is 16.2 Å². The molecule has 0 radical (unpaired) electrons. The molecule has 1 aromatic heterocycles. The predicted molar refractivity (Wildman–Crippen MR) is 58.6 cm³/mol. The Morgan fingerprint density at radius 3 is 2.67 bits per heavy atom. The van der Waals surface area contributed by atoms with E-state index in [9.17, 15) is 0 Å². The topological polar surface area (TPSA) is 87.0 Å². The lowest BCUT2D eigenvalue weighted by Crippen LogP contribution is -2.08. The molecule has 82 valence electrons. The average Bonchev–Trinajstić information content (AvgIpc) is 3.03. The molecule has 4 N–H and O–H groups in total. The number of ether oxygens (including phenoxy) is 1. The molecule has 5 heteroatoms. The van der Waals surface area contributed by atoms with Crippen LogP contribution in [0.2, 0.25) is 0 Å². The van der Waals surface area contributed by atoms with Gasteiger partial charge in [0.15, 0.2) is 5.82 Å². The molecule has 0 atom stereocenters. The molecule has 0 unspecified atom stereocenters. The summed E-state index contributed by atoms with van der Waals surface area (Å²) in [5, 5.41) is 0. The molecule has 1 aromatic rings. The van der Waals surface area contributed by atoms with E-state index in [-0.39, 0.29) is 0 Å². The van der Waals surface area contributed by atoms with Gasteiger partial charge in [-0.15, -0.1) is 0 Å². The molecule has 1 saturated carbocycles. The normalized spacial score (nSPS) is 15.3. The van der Waals surface area contributed by atoms with Crippen LogP contribution in [0, 0.1) is 0 Å². The molecule has 5 nitrogen and oxygen atoms in total. The summed E-state index contributed by atoms with van der Waals surface area (Å²) in [7, 11) is 0. The number of nitrogens with two attached hydrogens (primary N) is 2. The Kier molecular flexibility index (Phi) is 2.62. The quantitative estimate of drug-likeness (QED) is 0.778. The minimum atomic E-state index is 0.331. The van der Waals surface area contributed by atoms with Crippen molar-refractivity contribution in [2.45, 2.75) is 32.1 Å². The fourth-order valence-corrected chi connectivity index (χ4v) is 1.32. The van der Waals surface area contributed by atoms with Gasteiger partial charge < -0.3 is 16.2 Å². The first kappa shape index (κ1) is 10.0. The lowest BCUT2D eigenvalue weighted by atomic mass is 10.3. The van der Waals surface area contributed by atoms with Crippen LogP contribution in [0.3, 0.4) is 0 Å². The van der Waals surface area contributed by atoms with Crippen molar-refractivity contribution in [1.29, 1.82) is 0 Å². The average molecular weight is 208 g/mol. The zero-order valence-corrected chi connectivity index (χ0v) is 8.86. The number of nitrogens with zero attached hydrogens (tertiary/aromatic N) is 2. The molecule has 0 amide bonds. The lowest BCUT2D eigenvalue weighted by molar-refractivity contribution is 0.305. The van der Waals surface area contributed by atoms with Crippen LogP contribution in [0.1, 0.15) is 37.9 Å². The van der Waals surface area contributed by atoms with Crippen molar-refractivity contribution < 1.29 is 4.74 Å². The van der Waals surface area contributed by atoms with E-state index in [0.29, 0.717) is 29.9 Å². The Balaban J connectivity index is 2.25. The number of rotatable bonds is 4. The molecule has 0 aliphatic heterocycles. The maximum absolute atomic E-state index is 5.74. The van der Waals surface area contributed by atoms with Crippen LogP contribution in [0.25, 0.3) is 0 Å². The number of hydrogen-bond donors (Lipinski definition) is 2. The van der Waals surface area contributed by atoms with Crippen LogP contribution in [0.4, 0.5) is 11.5 Å². The van der Waals surface area contributed by atoms with E-state index in [1.807, 2.05) is 6.92 Å². The monoisotopic (exact) mass is 208 g/mol. The summed E-state index contributed by atoms with van der Waals surface area (Å²) in [4.78, 5) is 8.46. The summed E-state index contributed by atoms with van der Waals surface area (Å²) in [5.74, 6) is 1.99. The summed E-state index contributed by atoms with van der Waals surface area (Å²) < 4.78 is 5.43. The van der Waals surface area contributed by atoms with Gasteiger partial charge in [0.05, 0.1) is 6.61 Å². The number of nitrogen functional groups attached to an aromatic ring is 2. The summed E-state index contributed by atoms with van der Waals surface area (Å²) in [6.45, 7) is 2.63. The largest absolute Gasteiger partial charge is 0.476 e. The molecule has 0 aromatic carbocycles. The molecule has 0 bridgehead atoms. The minimum absolute atomic E-state index is 0.331. The third-order valence-corrected chi connectivity index (χ3v) is 2.34. The van der Waals surface area contributed by atoms with Crippen LogP contribution >= 0.6 is 0 Å². The number of hydrogen-bond acceptors (Lipinski definition) is 5. The predicted octanol–water partition coefficient (Wildman–Crippen LogP) is 1.31. The van der Waals surface area contributed by atoms with Gasteiger partial charge in [-0.25, -0.2) is 4.98 Å². The van der Waals surface area contributed by atoms with Gasteiger partial charge in [0.25, 0.3) is 0 Å². The second-order valence-electron chi connectivity index (χ2n) is 3.81. The molecule has 2 rings (SSSR count). The highest BCUT2D eigenvalue weighted by Gasteiger charge is 2.28. The fraction of sp³-hybridized carbons (Fsp3) is 0.600. The van der Waals surface area contributed by atoms with Gasteiger partial charge in [0, 0.05) is 5.92 Å². The molecule has 1 aliphatic carbocycles. The summed E-state index contributed by atoms with van der Waals surface area (Å²) in [6.07, 6.45) is 3.19. The van der Waals surface area contributed by atoms with E-state index >= 15 is 0 Å². The molecule has 0 saturated heterocycles. The minimum Gasteiger partial charge on any atom is -0.476 e. The molecular formula is C10H16N4O. The van der Waals surface area contributed by atoms with Crippen LogP contribution in [-0.4, -0.2) is 16.6 Å². The molecule has 1 heterocycles. The van der Waals surface area contributed by atoms with E-state index in [2.05, 4.69) is 9.97 Å². The number of aromatic nitrogens is 2. The summed E-state index contributed by atoms with van der Waals surface area (Å²) >= 11 is 0. The second kappa shape index (κ2) is 3.92. The first-order valence-corrected chi connectivity index (χ1v) is 5.28. The molecule has 0 spiro atoms. The number of anilines is 2. The SMILES string of the molecule is CCCOc1nc(C2CC2)nc(N)c1N. The molecule has 1 aliphatic rings. The van der Waals surface area contributed by atoms with Crippen molar-refractivity contribution in [3.05, 3.63) is 5.82 Å². The van der Waals surface area contributed by atoms with E-state index < -0.39 is 0 Å². The lowest BCUT2D eigenvalue weighted by Gasteiger charge is -2.09. The zero-order chi connectivity index (χ0) is 10.8. The Labute approximate surface area is 88.8 Å². The van der Waals surface area contributed by atoms with Gasteiger partial charge in [-0.3, -0.25) is 0 Å². The maximum atomic E-state index is 5.74. The van der Waals surface area contributed by atoms with Crippen LogP contribution in [0.5, 0.6) is 5.88 Å². The highest BCUT2D eigenvalue weighted by Crippen LogP contribution is 2.40. The van der Waals surface area contributed by atoms with E-state index in [4.69, 9.17) is 16.2 Å².